The molecule has 27 heavy (non-hydrogen) atoms. The summed E-state index contributed by atoms with van der Waals surface area (Å²) in [7, 11) is 0. The first kappa shape index (κ1) is 17.8. The number of H-pyrrole nitrogens is 1. The van der Waals surface area contributed by atoms with E-state index in [4.69, 9.17) is 16.2 Å². The van der Waals surface area contributed by atoms with Gasteiger partial charge in [0, 0.05) is 17.3 Å². The van der Waals surface area contributed by atoms with Crippen LogP contribution in [0.25, 0.3) is 32.7 Å². The van der Waals surface area contributed by atoms with E-state index in [2.05, 4.69) is 20.1 Å². The Morgan fingerprint density at radius 2 is 1.85 bits per heavy atom. The van der Waals surface area contributed by atoms with Crippen LogP contribution in [0, 0.1) is 6.57 Å². The van der Waals surface area contributed by atoms with Gasteiger partial charge in [0.2, 0.25) is 5.69 Å². The van der Waals surface area contributed by atoms with E-state index in [0.29, 0.717) is 11.4 Å². The standard InChI is InChI=1S/C19H15N5.CO2/c1-3-16-19(20-2)18(22-21-16)13-8-10-15(11-9-13)24-12-14-6-4-5-7-17(14)23-24;2-1-3/h4-12H,3H2,1H3,(H,21,22);. The van der Waals surface area contributed by atoms with Gasteiger partial charge in [0.15, 0.2) is 0 Å². The number of nitrogens with zero attached hydrogens (tertiary/aromatic N) is 4. The summed E-state index contributed by atoms with van der Waals surface area (Å²) in [6.07, 6.45) is 3.03. The maximum absolute atomic E-state index is 8.12. The fourth-order valence-corrected chi connectivity index (χ4v) is 2.81. The van der Waals surface area contributed by atoms with Gasteiger partial charge in [0.1, 0.15) is 0 Å². The zero-order valence-corrected chi connectivity index (χ0v) is 14.5. The Hall–Kier alpha value is -4.01. The third-order valence-electron chi connectivity index (χ3n) is 4.10. The SMILES string of the molecule is O=C=O.[C-]#[N+]c1c(-c2ccc(-n3cc4ccccc4n3)cc2)n[nH]c1CC. The van der Waals surface area contributed by atoms with Crippen molar-refractivity contribution < 1.29 is 9.59 Å². The van der Waals surface area contributed by atoms with E-state index in [1.165, 1.54) is 0 Å². The lowest BCUT2D eigenvalue weighted by Crippen LogP contribution is -1.93. The first-order chi connectivity index (χ1) is 13.2. The number of nitrogens with one attached hydrogen (secondary N) is 1. The summed E-state index contributed by atoms with van der Waals surface area (Å²) in [6.45, 7) is 9.40. The Bertz CT molecular complexity index is 1110. The lowest BCUT2D eigenvalue weighted by atomic mass is 10.1. The van der Waals surface area contributed by atoms with Gasteiger partial charge in [-0.05, 0) is 30.2 Å². The zero-order valence-electron chi connectivity index (χ0n) is 14.5. The van der Waals surface area contributed by atoms with Gasteiger partial charge in [-0.15, -0.1) is 0 Å². The molecule has 0 fully saturated rings. The Balaban J connectivity index is 0.000000659. The van der Waals surface area contributed by atoms with Crippen molar-refractivity contribution in [2.75, 3.05) is 0 Å². The molecule has 4 rings (SSSR count). The summed E-state index contributed by atoms with van der Waals surface area (Å²) in [5.41, 5.74) is 5.07. The molecule has 0 aliphatic carbocycles. The molecule has 0 amide bonds. The molecule has 4 aromatic rings. The first-order valence-corrected chi connectivity index (χ1v) is 8.21. The molecule has 0 aliphatic rings. The molecule has 1 N–H and O–H groups in total. The average Bonchev–Trinajstić information content (AvgIpc) is 3.32. The summed E-state index contributed by atoms with van der Waals surface area (Å²) in [6, 6.07) is 16.0. The zero-order chi connectivity index (χ0) is 19.2. The van der Waals surface area contributed by atoms with E-state index in [1.807, 2.05) is 66.3 Å². The Labute approximate surface area is 155 Å². The summed E-state index contributed by atoms with van der Waals surface area (Å²) in [5.74, 6) is 0. The van der Waals surface area contributed by atoms with Gasteiger partial charge < -0.3 is 0 Å². The van der Waals surface area contributed by atoms with Gasteiger partial charge in [-0.2, -0.15) is 19.8 Å². The van der Waals surface area contributed by atoms with E-state index in [-0.39, 0.29) is 6.15 Å². The number of benzene rings is 2. The number of hydrogen-bond acceptors (Lipinski definition) is 4. The molecule has 0 saturated carbocycles. The second-order valence-corrected chi connectivity index (χ2v) is 5.63. The van der Waals surface area contributed by atoms with Crippen molar-refractivity contribution in [2.24, 2.45) is 0 Å². The van der Waals surface area contributed by atoms with Gasteiger partial charge in [-0.1, -0.05) is 37.3 Å². The van der Waals surface area contributed by atoms with Crippen molar-refractivity contribution in [3.63, 3.8) is 0 Å². The monoisotopic (exact) mass is 357 g/mol. The van der Waals surface area contributed by atoms with Gasteiger partial charge in [-0.25, -0.2) is 9.53 Å². The van der Waals surface area contributed by atoms with Crippen LogP contribution in [0.2, 0.25) is 0 Å². The number of hydrogen-bond donors (Lipinski definition) is 1. The quantitative estimate of drug-likeness (QED) is 0.563. The van der Waals surface area contributed by atoms with Gasteiger partial charge >= 0.3 is 6.15 Å². The molecule has 0 saturated heterocycles. The predicted octanol–water partition coefficient (Wildman–Crippen LogP) is 3.95. The number of rotatable bonds is 3. The number of aryl methyl sites for hydroxylation is 1. The molecule has 0 bridgehead atoms. The topological polar surface area (TPSA) is 85.0 Å². The third kappa shape index (κ3) is 3.52. The predicted molar refractivity (Wildman–Crippen MR) is 99.3 cm³/mol. The molecule has 7 heteroatoms. The highest BCUT2D eigenvalue weighted by atomic mass is 16.2. The lowest BCUT2D eigenvalue weighted by molar-refractivity contribution is -0.191. The van der Waals surface area contributed by atoms with Gasteiger partial charge in [0.25, 0.3) is 0 Å². The fourth-order valence-electron chi connectivity index (χ4n) is 2.81. The molecule has 2 aromatic carbocycles. The largest absolute Gasteiger partial charge is 0.373 e. The Kier molecular flexibility index (Phi) is 5.22. The number of aromatic amines is 1. The van der Waals surface area contributed by atoms with Gasteiger partial charge in [0.05, 0.1) is 23.5 Å². The van der Waals surface area contributed by atoms with Crippen LogP contribution in [0.5, 0.6) is 0 Å². The Morgan fingerprint density at radius 3 is 2.48 bits per heavy atom. The summed E-state index contributed by atoms with van der Waals surface area (Å²) >= 11 is 0. The van der Waals surface area contributed by atoms with Crippen LogP contribution < -0.4 is 0 Å². The minimum absolute atomic E-state index is 0.250. The highest BCUT2D eigenvalue weighted by molar-refractivity contribution is 5.79. The molecule has 2 heterocycles. The van der Waals surface area contributed by atoms with Crippen molar-refractivity contribution in [1.29, 1.82) is 0 Å². The van der Waals surface area contributed by atoms with Crippen LogP contribution >= 0.6 is 0 Å². The molecular weight excluding hydrogens is 342 g/mol. The summed E-state index contributed by atoms with van der Waals surface area (Å²) < 4.78 is 1.87. The normalized spacial score (nSPS) is 9.93. The van der Waals surface area contributed by atoms with Crippen molar-refractivity contribution in [2.45, 2.75) is 13.3 Å². The first-order valence-electron chi connectivity index (χ1n) is 8.21. The second-order valence-electron chi connectivity index (χ2n) is 5.63. The van der Waals surface area contributed by atoms with E-state index in [9.17, 15) is 0 Å². The number of fused-ring (bicyclic) bond motifs is 1. The minimum Gasteiger partial charge on any atom is -0.294 e. The molecular formula is C20H15N5O2. The minimum atomic E-state index is 0.250. The maximum Gasteiger partial charge on any atom is 0.373 e. The fraction of sp³-hybridized carbons (Fsp3) is 0.100. The highest BCUT2D eigenvalue weighted by Crippen LogP contribution is 2.32. The third-order valence-corrected chi connectivity index (χ3v) is 4.10. The Morgan fingerprint density at radius 1 is 1.15 bits per heavy atom. The second kappa shape index (κ2) is 7.91. The molecule has 2 aromatic heterocycles. The van der Waals surface area contributed by atoms with Crippen LogP contribution in [-0.4, -0.2) is 26.1 Å². The molecule has 132 valence electrons. The van der Waals surface area contributed by atoms with E-state index in [0.717, 1.165) is 34.3 Å². The summed E-state index contributed by atoms with van der Waals surface area (Å²) in [4.78, 5) is 19.9. The average molecular weight is 357 g/mol. The van der Waals surface area contributed by atoms with E-state index >= 15 is 0 Å². The molecule has 0 atom stereocenters. The lowest BCUT2D eigenvalue weighted by Gasteiger charge is -2.03. The van der Waals surface area contributed by atoms with Crippen molar-refractivity contribution in [3.8, 4) is 16.9 Å². The molecule has 0 unspecified atom stereocenters. The molecule has 0 radical (unpaired) electrons. The highest BCUT2D eigenvalue weighted by Gasteiger charge is 2.14. The van der Waals surface area contributed by atoms with Crippen LogP contribution in [0.4, 0.5) is 5.69 Å². The molecule has 0 spiro atoms. The van der Waals surface area contributed by atoms with Crippen molar-refractivity contribution in [1.82, 2.24) is 20.0 Å². The summed E-state index contributed by atoms with van der Waals surface area (Å²) in [5, 5.41) is 13.0. The van der Waals surface area contributed by atoms with E-state index < -0.39 is 0 Å². The van der Waals surface area contributed by atoms with Crippen molar-refractivity contribution >= 4 is 22.7 Å². The number of carbonyl (C=O) groups excluding carboxylic acids is 2. The smallest absolute Gasteiger partial charge is 0.294 e. The molecule has 0 aliphatic heterocycles. The van der Waals surface area contributed by atoms with Crippen LogP contribution in [0.3, 0.4) is 0 Å². The van der Waals surface area contributed by atoms with Crippen molar-refractivity contribution in [3.05, 3.63) is 71.8 Å². The van der Waals surface area contributed by atoms with Gasteiger partial charge in [-0.3, -0.25) is 5.10 Å². The van der Waals surface area contributed by atoms with E-state index in [1.54, 1.807) is 0 Å². The maximum atomic E-state index is 8.12. The van der Waals surface area contributed by atoms with Crippen LogP contribution in [0.15, 0.2) is 54.7 Å². The van der Waals surface area contributed by atoms with Crippen LogP contribution in [0.1, 0.15) is 12.6 Å². The number of aromatic nitrogens is 4. The molecule has 7 nitrogen and oxygen atoms in total. The van der Waals surface area contributed by atoms with Crippen LogP contribution in [-0.2, 0) is 16.0 Å².